The predicted octanol–water partition coefficient (Wildman–Crippen LogP) is 1.66. The molecule has 1 amide bonds. The summed E-state index contributed by atoms with van der Waals surface area (Å²) < 4.78 is 32.5. The zero-order chi connectivity index (χ0) is 15.9. The third kappa shape index (κ3) is 6.19. The lowest BCUT2D eigenvalue weighted by Crippen LogP contribution is -2.28. The van der Waals surface area contributed by atoms with Crippen molar-refractivity contribution in [3.05, 3.63) is 28.8 Å². The Morgan fingerprint density at radius 1 is 1.29 bits per heavy atom. The smallest absolute Gasteiger partial charge is 0.261 e. The second-order valence-electron chi connectivity index (χ2n) is 3.94. The minimum absolute atomic E-state index is 0.0373. The molecule has 1 N–H and O–H groups in total. The fourth-order valence-corrected chi connectivity index (χ4v) is 2.39. The third-order valence-corrected chi connectivity index (χ3v) is 4.11. The molecule has 0 saturated carbocycles. The Balaban J connectivity index is 2.62. The minimum atomic E-state index is -3.92. The summed E-state index contributed by atoms with van der Waals surface area (Å²) in [7, 11) is 2.87. The van der Waals surface area contributed by atoms with E-state index in [1.54, 1.807) is 7.11 Å². The van der Waals surface area contributed by atoms with Gasteiger partial charge in [-0.05, 0) is 18.2 Å². The van der Waals surface area contributed by atoms with Crippen LogP contribution in [0.1, 0.15) is 10.4 Å². The molecule has 1 aromatic carbocycles. The topological polar surface area (TPSA) is 81.7 Å². The molecule has 0 unspecified atom stereocenters. The number of amides is 1. The Bertz CT molecular complexity index is 591. The van der Waals surface area contributed by atoms with Crippen LogP contribution in [0, 0.1) is 0 Å². The van der Waals surface area contributed by atoms with Crippen LogP contribution in [0.3, 0.4) is 0 Å². The van der Waals surface area contributed by atoms with Crippen molar-refractivity contribution in [1.82, 2.24) is 5.32 Å². The number of hydrogen-bond acceptors (Lipinski definition) is 5. The highest BCUT2D eigenvalue weighted by molar-refractivity contribution is 8.13. The predicted molar refractivity (Wildman–Crippen MR) is 79.5 cm³/mol. The molecular weight excluding hydrogens is 341 g/mol. The first-order valence-corrected chi connectivity index (χ1v) is 8.64. The lowest BCUT2D eigenvalue weighted by Gasteiger charge is -2.08. The molecular formula is C12H15Cl2NO5S. The summed E-state index contributed by atoms with van der Waals surface area (Å²) in [5.41, 5.74) is 0.0373. The van der Waals surface area contributed by atoms with Gasteiger partial charge >= 0.3 is 0 Å². The maximum atomic E-state index is 11.9. The van der Waals surface area contributed by atoms with Crippen LogP contribution in [0.25, 0.3) is 0 Å². The van der Waals surface area contributed by atoms with Gasteiger partial charge in [-0.15, -0.1) is 0 Å². The summed E-state index contributed by atoms with van der Waals surface area (Å²) in [6.07, 6.45) is 0. The van der Waals surface area contributed by atoms with Crippen LogP contribution in [-0.4, -0.2) is 47.8 Å². The molecule has 0 aliphatic carbocycles. The summed E-state index contributed by atoms with van der Waals surface area (Å²) in [6.45, 7) is 1.46. The molecule has 118 valence electrons. The number of benzene rings is 1. The third-order valence-electron chi connectivity index (χ3n) is 2.43. The highest BCUT2D eigenvalue weighted by Gasteiger charge is 2.16. The van der Waals surface area contributed by atoms with Gasteiger partial charge in [-0.1, -0.05) is 11.6 Å². The van der Waals surface area contributed by atoms with Gasteiger partial charge in [0.2, 0.25) is 0 Å². The zero-order valence-electron chi connectivity index (χ0n) is 11.3. The van der Waals surface area contributed by atoms with Gasteiger partial charge in [-0.2, -0.15) is 0 Å². The molecule has 0 atom stereocenters. The van der Waals surface area contributed by atoms with Crippen molar-refractivity contribution in [3.8, 4) is 0 Å². The van der Waals surface area contributed by atoms with Crippen molar-refractivity contribution < 1.29 is 22.7 Å². The Morgan fingerprint density at radius 2 is 2.00 bits per heavy atom. The quantitative estimate of drug-likeness (QED) is 0.566. The van der Waals surface area contributed by atoms with Crippen LogP contribution in [0.2, 0.25) is 5.02 Å². The van der Waals surface area contributed by atoms with Crippen LogP contribution >= 0.6 is 22.3 Å². The minimum Gasteiger partial charge on any atom is -0.382 e. The Kier molecular flexibility index (Phi) is 7.41. The van der Waals surface area contributed by atoms with Gasteiger partial charge in [0.25, 0.3) is 15.0 Å². The molecule has 0 fully saturated rings. The van der Waals surface area contributed by atoms with Gasteiger partial charge in [0, 0.05) is 24.3 Å². The Hall–Kier alpha value is -0.860. The number of carbonyl (C=O) groups excluding carboxylic acids is 1. The van der Waals surface area contributed by atoms with Crippen LogP contribution in [0.5, 0.6) is 0 Å². The number of nitrogens with one attached hydrogen (secondary N) is 1. The lowest BCUT2D eigenvalue weighted by molar-refractivity contribution is 0.0692. The van der Waals surface area contributed by atoms with Crippen molar-refractivity contribution >= 4 is 37.2 Å². The van der Waals surface area contributed by atoms with Crippen LogP contribution in [0.4, 0.5) is 0 Å². The number of methoxy groups -OCH3 is 1. The fraction of sp³-hybridized carbons (Fsp3) is 0.417. The lowest BCUT2D eigenvalue weighted by atomic mass is 10.2. The van der Waals surface area contributed by atoms with E-state index in [0.29, 0.717) is 19.8 Å². The van der Waals surface area contributed by atoms with Crippen LogP contribution < -0.4 is 5.32 Å². The molecule has 0 aromatic heterocycles. The van der Waals surface area contributed by atoms with Crippen molar-refractivity contribution in [2.24, 2.45) is 0 Å². The standard InChI is InChI=1S/C12H15Cl2NO5S/c1-19-6-7-20-5-4-15-12(16)10-8-9(21(14,17)18)2-3-11(10)13/h2-3,8H,4-7H2,1H3,(H,15,16). The largest absolute Gasteiger partial charge is 0.382 e. The maximum Gasteiger partial charge on any atom is 0.261 e. The molecule has 21 heavy (non-hydrogen) atoms. The second kappa shape index (κ2) is 8.55. The highest BCUT2D eigenvalue weighted by atomic mass is 35.7. The molecule has 0 saturated heterocycles. The molecule has 1 aromatic rings. The van der Waals surface area contributed by atoms with E-state index >= 15 is 0 Å². The average Bonchev–Trinajstić information content (AvgIpc) is 2.41. The Labute approximate surface area is 132 Å². The van der Waals surface area contributed by atoms with E-state index < -0.39 is 15.0 Å². The molecule has 6 nitrogen and oxygen atoms in total. The van der Waals surface area contributed by atoms with Crippen molar-refractivity contribution in [3.63, 3.8) is 0 Å². The molecule has 1 rings (SSSR count). The normalized spacial score (nSPS) is 11.4. The number of carbonyl (C=O) groups is 1. The number of ether oxygens (including phenoxy) is 2. The average molecular weight is 356 g/mol. The van der Waals surface area contributed by atoms with E-state index in [1.165, 1.54) is 12.1 Å². The van der Waals surface area contributed by atoms with E-state index in [9.17, 15) is 13.2 Å². The van der Waals surface area contributed by atoms with Gasteiger partial charge in [0.15, 0.2) is 0 Å². The second-order valence-corrected chi connectivity index (χ2v) is 6.91. The highest BCUT2D eigenvalue weighted by Crippen LogP contribution is 2.22. The number of rotatable bonds is 8. The first-order valence-electron chi connectivity index (χ1n) is 5.95. The number of hydrogen-bond donors (Lipinski definition) is 1. The summed E-state index contributed by atoms with van der Waals surface area (Å²) in [6, 6.07) is 3.67. The van der Waals surface area contributed by atoms with Gasteiger partial charge in [-0.25, -0.2) is 8.42 Å². The Morgan fingerprint density at radius 3 is 2.62 bits per heavy atom. The first-order chi connectivity index (χ1) is 9.86. The van der Waals surface area contributed by atoms with Gasteiger partial charge in [-0.3, -0.25) is 4.79 Å². The van der Waals surface area contributed by atoms with Crippen molar-refractivity contribution in [2.45, 2.75) is 4.90 Å². The molecule has 0 aliphatic heterocycles. The van der Waals surface area contributed by atoms with Crippen LogP contribution in [0.15, 0.2) is 23.1 Å². The fourth-order valence-electron chi connectivity index (χ4n) is 1.41. The number of halogens is 2. The molecule has 0 radical (unpaired) electrons. The molecule has 0 aliphatic rings. The molecule has 0 heterocycles. The van der Waals surface area contributed by atoms with E-state index in [0.717, 1.165) is 6.07 Å². The van der Waals surface area contributed by atoms with E-state index in [-0.39, 0.29) is 22.0 Å². The van der Waals surface area contributed by atoms with Gasteiger partial charge in [0.1, 0.15) is 0 Å². The van der Waals surface area contributed by atoms with Gasteiger partial charge in [0.05, 0.1) is 35.3 Å². The summed E-state index contributed by atoms with van der Waals surface area (Å²) >= 11 is 5.88. The van der Waals surface area contributed by atoms with Crippen molar-refractivity contribution in [2.75, 3.05) is 33.5 Å². The summed E-state index contributed by atoms with van der Waals surface area (Å²) in [5, 5.41) is 2.70. The summed E-state index contributed by atoms with van der Waals surface area (Å²) in [4.78, 5) is 11.7. The maximum absolute atomic E-state index is 11.9. The molecule has 9 heteroatoms. The van der Waals surface area contributed by atoms with E-state index in [2.05, 4.69) is 5.32 Å². The SMILES string of the molecule is COCCOCCNC(=O)c1cc(S(=O)(=O)Cl)ccc1Cl. The molecule has 0 spiro atoms. The zero-order valence-corrected chi connectivity index (χ0v) is 13.6. The first kappa shape index (κ1) is 18.2. The monoisotopic (exact) mass is 355 g/mol. The van der Waals surface area contributed by atoms with Gasteiger partial charge < -0.3 is 14.8 Å². The molecule has 0 bridgehead atoms. The van der Waals surface area contributed by atoms with Crippen LogP contribution in [-0.2, 0) is 18.5 Å². The summed E-state index contributed by atoms with van der Waals surface area (Å²) in [5.74, 6) is -0.502. The van der Waals surface area contributed by atoms with Crippen molar-refractivity contribution in [1.29, 1.82) is 0 Å². The van der Waals surface area contributed by atoms with E-state index in [4.69, 9.17) is 31.8 Å². The van der Waals surface area contributed by atoms with E-state index in [1.807, 2.05) is 0 Å².